The van der Waals surface area contributed by atoms with E-state index >= 15 is 0 Å². The van der Waals surface area contributed by atoms with Gasteiger partial charge >= 0.3 is 0 Å². The van der Waals surface area contributed by atoms with E-state index in [2.05, 4.69) is 24.0 Å². The summed E-state index contributed by atoms with van der Waals surface area (Å²) in [5.41, 5.74) is 4.26. The minimum absolute atomic E-state index is 0.497. The topological polar surface area (TPSA) is 21.6 Å². The van der Waals surface area contributed by atoms with Crippen LogP contribution in [-0.4, -0.2) is 6.21 Å². The third-order valence-electron chi connectivity index (χ3n) is 3.57. The lowest BCUT2D eigenvalue weighted by Gasteiger charge is -2.06. The molecule has 0 amide bonds. The highest BCUT2D eigenvalue weighted by molar-refractivity contribution is 6.30. The molecule has 0 N–H and O–H groups in total. The number of hydrogen-bond acceptors (Lipinski definition) is 2. The van der Waals surface area contributed by atoms with Gasteiger partial charge in [0, 0.05) is 11.2 Å². The van der Waals surface area contributed by atoms with Crippen LogP contribution in [0.1, 0.15) is 16.7 Å². The van der Waals surface area contributed by atoms with Crippen molar-refractivity contribution in [3.8, 4) is 5.75 Å². The summed E-state index contributed by atoms with van der Waals surface area (Å²) >= 11 is 5.97. The molecule has 3 aromatic rings. The maximum Gasteiger partial charge on any atom is 0.119 e. The van der Waals surface area contributed by atoms with Gasteiger partial charge in [-0.1, -0.05) is 41.4 Å². The van der Waals surface area contributed by atoms with Crippen molar-refractivity contribution in [2.75, 3.05) is 0 Å². The fraction of sp³-hybridized carbons (Fsp3) is 0.0952. The SMILES string of the molecule is Cc1ccc(N=Cc2ccc(OCc3cccc(Cl)c3)cc2)cc1. The van der Waals surface area contributed by atoms with E-state index < -0.39 is 0 Å². The summed E-state index contributed by atoms with van der Waals surface area (Å²) in [7, 11) is 0. The number of rotatable bonds is 5. The molecule has 0 unspecified atom stereocenters. The van der Waals surface area contributed by atoms with Gasteiger partial charge in [0.2, 0.25) is 0 Å². The fourth-order valence-corrected chi connectivity index (χ4v) is 2.44. The molecule has 0 saturated carbocycles. The molecule has 2 nitrogen and oxygen atoms in total. The Kier molecular flexibility index (Phi) is 5.29. The van der Waals surface area contributed by atoms with Crippen molar-refractivity contribution < 1.29 is 4.74 Å². The molecule has 0 aliphatic rings. The van der Waals surface area contributed by atoms with Crippen LogP contribution in [0.5, 0.6) is 5.75 Å². The van der Waals surface area contributed by atoms with Crippen molar-refractivity contribution in [1.82, 2.24) is 0 Å². The first-order valence-electron chi connectivity index (χ1n) is 7.77. The summed E-state index contributed by atoms with van der Waals surface area (Å²) in [5.74, 6) is 0.822. The molecule has 24 heavy (non-hydrogen) atoms. The Morgan fingerprint density at radius 1 is 0.958 bits per heavy atom. The smallest absolute Gasteiger partial charge is 0.119 e. The van der Waals surface area contributed by atoms with Gasteiger partial charge in [-0.05, 0) is 66.6 Å². The Morgan fingerprint density at radius 2 is 1.71 bits per heavy atom. The summed E-state index contributed by atoms with van der Waals surface area (Å²) < 4.78 is 5.77. The van der Waals surface area contributed by atoms with E-state index in [1.807, 2.05) is 66.9 Å². The fourth-order valence-electron chi connectivity index (χ4n) is 2.22. The van der Waals surface area contributed by atoms with E-state index in [1.165, 1.54) is 5.56 Å². The molecule has 0 bridgehead atoms. The average molecular weight is 336 g/mol. The third-order valence-corrected chi connectivity index (χ3v) is 3.81. The standard InChI is InChI=1S/C21H18ClNO/c1-16-5-9-20(10-6-16)23-14-17-7-11-21(12-8-17)24-15-18-3-2-4-19(22)13-18/h2-14H,15H2,1H3. The Morgan fingerprint density at radius 3 is 2.42 bits per heavy atom. The molecule has 0 aromatic heterocycles. The van der Waals surface area contributed by atoms with Gasteiger partial charge in [0.1, 0.15) is 12.4 Å². The van der Waals surface area contributed by atoms with Gasteiger partial charge in [-0.3, -0.25) is 4.99 Å². The van der Waals surface area contributed by atoms with Crippen LogP contribution in [0, 0.1) is 6.92 Å². The van der Waals surface area contributed by atoms with Gasteiger partial charge in [0.25, 0.3) is 0 Å². The van der Waals surface area contributed by atoms with Crippen molar-refractivity contribution in [2.45, 2.75) is 13.5 Å². The van der Waals surface area contributed by atoms with Crippen molar-refractivity contribution in [3.05, 3.63) is 94.5 Å². The van der Waals surface area contributed by atoms with Crippen LogP contribution >= 0.6 is 11.6 Å². The minimum Gasteiger partial charge on any atom is -0.489 e. The summed E-state index contributed by atoms with van der Waals surface area (Å²) in [6.45, 7) is 2.56. The quantitative estimate of drug-likeness (QED) is 0.526. The summed E-state index contributed by atoms with van der Waals surface area (Å²) in [5, 5.41) is 0.721. The molecule has 0 radical (unpaired) electrons. The van der Waals surface area contributed by atoms with Crippen molar-refractivity contribution in [2.24, 2.45) is 4.99 Å². The molecular weight excluding hydrogens is 318 g/mol. The van der Waals surface area contributed by atoms with E-state index in [4.69, 9.17) is 16.3 Å². The molecule has 3 aromatic carbocycles. The van der Waals surface area contributed by atoms with Gasteiger partial charge in [-0.2, -0.15) is 0 Å². The van der Waals surface area contributed by atoms with Crippen molar-refractivity contribution in [3.63, 3.8) is 0 Å². The lowest BCUT2D eigenvalue weighted by Crippen LogP contribution is -1.95. The summed E-state index contributed by atoms with van der Waals surface area (Å²) in [6.07, 6.45) is 1.85. The van der Waals surface area contributed by atoms with Crippen LogP contribution in [0.3, 0.4) is 0 Å². The molecule has 0 spiro atoms. The Hall–Kier alpha value is -2.58. The van der Waals surface area contributed by atoms with Crippen LogP contribution < -0.4 is 4.74 Å². The number of benzene rings is 3. The number of nitrogens with zero attached hydrogens (tertiary/aromatic N) is 1. The number of aliphatic imine (C=N–C) groups is 1. The van der Waals surface area contributed by atoms with Gasteiger partial charge < -0.3 is 4.74 Å². The van der Waals surface area contributed by atoms with E-state index in [-0.39, 0.29) is 0 Å². The van der Waals surface area contributed by atoms with Gasteiger partial charge in [-0.25, -0.2) is 0 Å². The Balaban J connectivity index is 1.59. The van der Waals surface area contributed by atoms with E-state index in [1.54, 1.807) is 0 Å². The number of halogens is 1. The minimum atomic E-state index is 0.497. The highest BCUT2D eigenvalue weighted by Gasteiger charge is 1.98. The summed E-state index contributed by atoms with van der Waals surface area (Å²) in [4.78, 5) is 4.47. The van der Waals surface area contributed by atoms with Crippen molar-refractivity contribution in [1.29, 1.82) is 0 Å². The first kappa shape index (κ1) is 16.3. The van der Waals surface area contributed by atoms with Gasteiger partial charge in [-0.15, -0.1) is 0 Å². The lowest BCUT2D eigenvalue weighted by atomic mass is 10.2. The third kappa shape index (κ3) is 4.71. The maximum absolute atomic E-state index is 5.97. The van der Waals surface area contributed by atoms with Gasteiger partial charge in [0.05, 0.1) is 5.69 Å². The second-order valence-electron chi connectivity index (χ2n) is 5.58. The van der Waals surface area contributed by atoms with Crippen LogP contribution in [0.25, 0.3) is 0 Å². The van der Waals surface area contributed by atoms with E-state index in [9.17, 15) is 0 Å². The Bertz CT molecular complexity index is 823. The maximum atomic E-state index is 5.97. The molecule has 120 valence electrons. The molecule has 0 heterocycles. The zero-order valence-corrected chi connectivity index (χ0v) is 14.2. The summed E-state index contributed by atoms with van der Waals surface area (Å²) in [6, 6.07) is 23.7. The number of hydrogen-bond donors (Lipinski definition) is 0. The molecule has 0 aliphatic carbocycles. The van der Waals surface area contributed by atoms with Crippen LogP contribution in [-0.2, 0) is 6.61 Å². The predicted molar refractivity (Wildman–Crippen MR) is 101 cm³/mol. The van der Waals surface area contributed by atoms with Crippen molar-refractivity contribution >= 4 is 23.5 Å². The van der Waals surface area contributed by atoms with Crippen LogP contribution in [0.15, 0.2) is 77.8 Å². The van der Waals surface area contributed by atoms with Crippen LogP contribution in [0.2, 0.25) is 5.02 Å². The highest BCUT2D eigenvalue weighted by Crippen LogP contribution is 2.17. The highest BCUT2D eigenvalue weighted by atomic mass is 35.5. The largest absolute Gasteiger partial charge is 0.489 e. The molecule has 0 aliphatic heterocycles. The predicted octanol–water partition coefficient (Wildman–Crippen LogP) is 5.98. The second-order valence-corrected chi connectivity index (χ2v) is 6.02. The zero-order chi connectivity index (χ0) is 16.8. The first-order valence-corrected chi connectivity index (χ1v) is 8.15. The monoisotopic (exact) mass is 335 g/mol. The van der Waals surface area contributed by atoms with E-state index in [0.29, 0.717) is 6.61 Å². The second kappa shape index (κ2) is 7.80. The molecule has 0 atom stereocenters. The first-order chi connectivity index (χ1) is 11.7. The lowest BCUT2D eigenvalue weighted by molar-refractivity contribution is 0.306. The molecular formula is C21H18ClNO. The number of aryl methyl sites for hydroxylation is 1. The van der Waals surface area contributed by atoms with Gasteiger partial charge in [0.15, 0.2) is 0 Å². The zero-order valence-electron chi connectivity index (χ0n) is 13.4. The molecule has 0 saturated heterocycles. The molecule has 3 heteroatoms. The Labute approximate surface area is 147 Å². The van der Waals surface area contributed by atoms with Crippen LogP contribution in [0.4, 0.5) is 5.69 Å². The molecule has 3 rings (SSSR count). The van der Waals surface area contributed by atoms with E-state index in [0.717, 1.165) is 27.6 Å². The molecule has 0 fully saturated rings. The number of ether oxygens (including phenoxy) is 1. The normalized spacial score (nSPS) is 10.9. The average Bonchev–Trinajstić information content (AvgIpc) is 2.60.